The average molecular weight is 351 g/mol. The number of amidine groups is 2. The zero-order valence-electron chi connectivity index (χ0n) is 13.7. The van der Waals surface area contributed by atoms with Crippen molar-refractivity contribution >= 4 is 36.0 Å². The van der Waals surface area contributed by atoms with Crippen LogP contribution in [0.1, 0.15) is 12.0 Å². The van der Waals surface area contributed by atoms with E-state index in [0.29, 0.717) is 25.3 Å². The lowest BCUT2D eigenvalue weighted by atomic mass is 10.1. The number of benzene rings is 1. The van der Waals surface area contributed by atoms with Crippen LogP contribution in [0.3, 0.4) is 0 Å². The first-order chi connectivity index (χ1) is 11.0. The topological polar surface area (TPSA) is 82.0 Å². The molecule has 1 aromatic rings. The normalized spacial score (nSPS) is 20.1. The van der Waals surface area contributed by atoms with Gasteiger partial charge in [-0.2, -0.15) is 0 Å². The van der Waals surface area contributed by atoms with Crippen molar-refractivity contribution in [2.75, 3.05) is 20.6 Å². The van der Waals surface area contributed by atoms with E-state index in [-0.39, 0.29) is 24.3 Å². The van der Waals surface area contributed by atoms with Gasteiger partial charge in [-0.25, -0.2) is 9.37 Å². The summed E-state index contributed by atoms with van der Waals surface area (Å²) in [5.41, 5.74) is 6.76. The van der Waals surface area contributed by atoms with E-state index >= 15 is 0 Å². The van der Waals surface area contributed by atoms with Crippen LogP contribution in [0.2, 0.25) is 0 Å². The molecule has 1 fully saturated rings. The number of hydrogen-bond donors (Lipinski definition) is 1. The van der Waals surface area contributed by atoms with Crippen LogP contribution in [0.4, 0.5) is 4.79 Å². The second-order valence-electron chi connectivity index (χ2n) is 5.68. The highest BCUT2D eigenvalue weighted by molar-refractivity contribution is 6.22. The zero-order chi connectivity index (χ0) is 16.6. The minimum absolute atomic E-state index is 0. The van der Waals surface area contributed by atoms with E-state index in [0.717, 1.165) is 16.3 Å². The highest BCUT2D eigenvalue weighted by Crippen LogP contribution is 2.21. The number of imide groups is 1. The average Bonchev–Trinajstić information content (AvgIpc) is 2.91. The van der Waals surface area contributed by atoms with Gasteiger partial charge >= 0.3 is 6.03 Å². The van der Waals surface area contributed by atoms with Gasteiger partial charge in [-0.05, 0) is 10.6 Å². The van der Waals surface area contributed by atoms with E-state index in [9.17, 15) is 9.59 Å². The van der Waals surface area contributed by atoms with E-state index < -0.39 is 6.04 Å². The van der Waals surface area contributed by atoms with Gasteiger partial charge in [0.05, 0.1) is 6.42 Å². The number of carbonyl (C=O) groups is 2. The third-order valence-corrected chi connectivity index (χ3v) is 4.18. The Labute approximate surface area is 146 Å². The molecular weight excluding hydrogens is 330 g/mol. The summed E-state index contributed by atoms with van der Waals surface area (Å²) in [6.07, 6.45) is 0.561. The van der Waals surface area contributed by atoms with E-state index in [4.69, 9.17) is 5.73 Å². The summed E-state index contributed by atoms with van der Waals surface area (Å²) >= 11 is 0. The number of hydrogen-bond acceptors (Lipinski definition) is 4. The Morgan fingerprint density at radius 1 is 1.17 bits per heavy atom. The third-order valence-electron chi connectivity index (χ3n) is 4.18. The molecule has 2 N–H and O–H groups in total. The highest BCUT2D eigenvalue weighted by atomic mass is 35.5. The van der Waals surface area contributed by atoms with E-state index in [2.05, 4.69) is 4.99 Å². The van der Waals surface area contributed by atoms with Crippen molar-refractivity contribution in [1.82, 2.24) is 9.80 Å². The second kappa shape index (κ2) is 7.11. The first-order valence-corrected chi connectivity index (χ1v) is 7.55. The summed E-state index contributed by atoms with van der Waals surface area (Å²) in [7, 11) is 3.14. The van der Waals surface area contributed by atoms with Gasteiger partial charge in [0.1, 0.15) is 6.54 Å². The van der Waals surface area contributed by atoms with Crippen LogP contribution in [0, 0.1) is 0 Å². The van der Waals surface area contributed by atoms with Gasteiger partial charge in [0.15, 0.2) is 0 Å². The quantitative estimate of drug-likeness (QED) is 0.810. The van der Waals surface area contributed by atoms with E-state index in [1.165, 1.54) is 11.9 Å². The molecule has 0 bridgehead atoms. The predicted molar refractivity (Wildman–Crippen MR) is 93.5 cm³/mol. The molecule has 128 valence electrons. The van der Waals surface area contributed by atoms with E-state index in [1.807, 2.05) is 34.9 Å². The maximum atomic E-state index is 12.6. The van der Waals surface area contributed by atoms with Gasteiger partial charge in [-0.3, -0.25) is 14.6 Å². The molecular formula is C16H21ClN5O2+. The molecule has 0 aromatic heterocycles. The Bertz CT molecular complexity index is 716. The number of halogens is 1. The lowest BCUT2D eigenvalue weighted by Gasteiger charge is -2.30. The van der Waals surface area contributed by atoms with Gasteiger partial charge in [-0.15, -0.1) is 12.4 Å². The van der Waals surface area contributed by atoms with Crippen LogP contribution >= 0.6 is 12.4 Å². The van der Waals surface area contributed by atoms with Crippen LogP contribution in [0.25, 0.3) is 0 Å². The Morgan fingerprint density at radius 2 is 1.83 bits per heavy atom. The van der Waals surface area contributed by atoms with Crippen molar-refractivity contribution in [3.05, 3.63) is 35.9 Å². The molecule has 0 aliphatic carbocycles. The van der Waals surface area contributed by atoms with Crippen LogP contribution in [0.5, 0.6) is 0 Å². The lowest BCUT2D eigenvalue weighted by molar-refractivity contribution is -0.552. The smallest absolute Gasteiger partial charge is 0.330 e. The van der Waals surface area contributed by atoms with Crippen molar-refractivity contribution in [2.24, 2.45) is 10.7 Å². The second-order valence-corrected chi connectivity index (χ2v) is 5.68. The molecule has 7 nitrogen and oxygen atoms in total. The molecule has 24 heavy (non-hydrogen) atoms. The van der Waals surface area contributed by atoms with Crippen molar-refractivity contribution in [3.8, 4) is 0 Å². The molecule has 3 rings (SSSR count). The Morgan fingerprint density at radius 3 is 2.46 bits per heavy atom. The SMILES string of the molecule is CN1C(=O)C2C(=NC(CCN)=[N+]2Cc2ccccc2)N(C)C1=O.Cl. The standard InChI is InChI=1S/C16H20N5O2.ClH/c1-19-14-13(15(22)20(2)16(19)23)21(12(18-14)8-9-17)10-11-6-4-3-5-7-11;/h3-7,13H,8-10,17H2,1-2H3;1H/q+1;. The number of nitrogens with two attached hydrogens (primary N) is 1. The van der Waals surface area contributed by atoms with Gasteiger partial charge in [-0.1, -0.05) is 30.3 Å². The summed E-state index contributed by atoms with van der Waals surface area (Å²) in [6, 6.07) is 8.95. The fourth-order valence-electron chi connectivity index (χ4n) is 2.94. The van der Waals surface area contributed by atoms with Gasteiger partial charge in [0, 0.05) is 20.6 Å². The molecule has 1 atom stereocenters. The number of likely N-dealkylation sites (N-methyl/N-ethyl adjacent to an activating group) is 2. The molecule has 0 spiro atoms. The minimum atomic E-state index is -0.565. The Balaban J connectivity index is 0.00000208. The maximum absolute atomic E-state index is 12.6. The largest absolute Gasteiger partial charge is 0.333 e. The van der Waals surface area contributed by atoms with Crippen molar-refractivity contribution in [1.29, 1.82) is 0 Å². The molecule has 2 heterocycles. The van der Waals surface area contributed by atoms with Gasteiger partial charge < -0.3 is 5.73 Å². The van der Waals surface area contributed by atoms with Crippen LogP contribution in [-0.2, 0) is 11.3 Å². The minimum Gasteiger partial charge on any atom is -0.330 e. The Kier molecular flexibility index (Phi) is 5.36. The Hall–Kier alpha value is -2.25. The summed E-state index contributed by atoms with van der Waals surface area (Å²) in [4.78, 5) is 31.8. The molecule has 1 aromatic carbocycles. The summed E-state index contributed by atoms with van der Waals surface area (Å²) in [6.45, 7) is 0.987. The number of rotatable bonds is 4. The molecule has 0 saturated carbocycles. The number of amides is 3. The van der Waals surface area contributed by atoms with Crippen molar-refractivity contribution in [3.63, 3.8) is 0 Å². The van der Waals surface area contributed by atoms with Crippen LogP contribution in [-0.4, -0.2) is 64.7 Å². The summed E-state index contributed by atoms with van der Waals surface area (Å²) in [5.74, 6) is 0.979. The lowest BCUT2D eigenvalue weighted by Crippen LogP contribution is -2.61. The molecule has 1 saturated heterocycles. The molecule has 0 radical (unpaired) electrons. The number of fused-ring (bicyclic) bond motifs is 1. The monoisotopic (exact) mass is 350 g/mol. The number of aliphatic imine (C=N–C) groups is 1. The van der Waals surface area contributed by atoms with Gasteiger partial charge in [0.25, 0.3) is 23.6 Å². The summed E-state index contributed by atoms with van der Waals surface area (Å²) < 4.78 is 1.94. The first-order valence-electron chi connectivity index (χ1n) is 7.55. The highest BCUT2D eigenvalue weighted by Gasteiger charge is 2.52. The number of urea groups is 1. The number of nitrogens with zero attached hydrogens (tertiary/aromatic N) is 4. The molecule has 3 amide bonds. The molecule has 1 unspecified atom stereocenters. The van der Waals surface area contributed by atoms with Crippen LogP contribution < -0.4 is 5.73 Å². The fourth-order valence-corrected chi connectivity index (χ4v) is 2.94. The molecule has 2 aliphatic rings. The first kappa shape index (κ1) is 18.1. The zero-order valence-corrected chi connectivity index (χ0v) is 14.5. The molecule has 8 heteroatoms. The number of carbonyl (C=O) groups excluding carboxylic acids is 2. The van der Waals surface area contributed by atoms with Crippen LogP contribution in [0.15, 0.2) is 35.3 Å². The van der Waals surface area contributed by atoms with Crippen molar-refractivity contribution in [2.45, 2.75) is 19.0 Å². The maximum Gasteiger partial charge on any atom is 0.333 e. The van der Waals surface area contributed by atoms with E-state index in [1.54, 1.807) is 7.05 Å². The summed E-state index contributed by atoms with van der Waals surface area (Å²) in [5, 5.41) is 0. The van der Waals surface area contributed by atoms with Crippen molar-refractivity contribution < 1.29 is 14.2 Å². The fraction of sp³-hybridized carbons (Fsp3) is 0.375. The predicted octanol–water partition coefficient (Wildman–Crippen LogP) is 0.673. The third kappa shape index (κ3) is 2.92. The van der Waals surface area contributed by atoms with Gasteiger partial charge in [0.2, 0.25) is 0 Å². The molecule has 2 aliphatic heterocycles.